The Morgan fingerprint density at radius 1 is 1.04 bits per heavy atom. The highest BCUT2D eigenvalue weighted by Crippen LogP contribution is 2.25. The maximum atomic E-state index is 13.3. The predicted molar refractivity (Wildman–Crippen MR) is 110 cm³/mol. The number of sulfonamides is 1. The molecule has 2 aromatic rings. The van der Waals surface area contributed by atoms with Gasteiger partial charge in [-0.1, -0.05) is 31.5 Å². The minimum Gasteiger partial charge on any atom is -0.308 e. The van der Waals surface area contributed by atoms with Crippen molar-refractivity contribution in [2.45, 2.75) is 38.5 Å². The van der Waals surface area contributed by atoms with Crippen LogP contribution in [0.5, 0.6) is 0 Å². The number of unbranched alkanes of at least 4 members (excludes halogenated alkanes) is 1. The number of anilines is 1. The summed E-state index contributed by atoms with van der Waals surface area (Å²) in [7, 11) is -0.638. The Labute approximate surface area is 162 Å². The van der Waals surface area contributed by atoms with E-state index in [2.05, 4.69) is 6.92 Å². The molecule has 0 spiro atoms. The van der Waals surface area contributed by atoms with Crippen LogP contribution in [0.2, 0.25) is 0 Å². The average Bonchev–Trinajstić information content (AvgIpc) is 2.64. The fourth-order valence-corrected chi connectivity index (χ4v) is 4.06. The lowest BCUT2D eigenvalue weighted by atomic mass is 10.0. The lowest BCUT2D eigenvalue weighted by Crippen LogP contribution is -2.32. The number of aryl methyl sites for hydroxylation is 1. The van der Waals surface area contributed by atoms with Gasteiger partial charge in [0, 0.05) is 31.9 Å². The third kappa shape index (κ3) is 4.57. The van der Waals surface area contributed by atoms with Gasteiger partial charge in [0.1, 0.15) is 0 Å². The molecule has 0 fully saturated rings. The first-order valence-corrected chi connectivity index (χ1v) is 10.5. The number of hydrogen-bond acceptors (Lipinski definition) is 3. The summed E-state index contributed by atoms with van der Waals surface area (Å²) in [5.74, 6) is -0.187. The molecular formula is C21H28N2O3S. The van der Waals surface area contributed by atoms with Crippen LogP contribution in [0, 0.1) is 13.8 Å². The van der Waals surface area contributed by atoms with Crippen molar-refractivity contribution < 1.29 is 13.2 Å². The standard InChI is InChI=1S/C21H28N2O3S/c1-6-7-13-23(19-11-9-8-10-12-19)21(24)18-14-16(2)17(3)20(15-18)27(25,26)22(4)5/h8-12,14-15H,6-7,13H2,1-5H3. The van der Waals surface area contributed by atoms with Crippen LogP contribution in [0.1, 0.15) is 41.3 Å². The van der Waals surface area contributed by atoms with Crippen molar-refractivity contribution in [3.63, 3.8) is 0 Å². The molecule has 0 aromatic heterocycles. The Kier molecular flexibility index (Phi) is 6.78. The summed E-state index contributed by atoms with van der Waals surface area (Å²) in [6.45, 7) is 6.26. The van der Waals surface area contributed by atoms with Crippen LogP contribution in [0.15, 0.2) is 47.4 Å². The van der Waals surface area contributed by atoms with E-state index in [4.69, 9.17) is 0 Å². The normalized spacial score (nSPS) is 11.6. The van der Waals surface area contributed by atoms with Crippen molar-refractivity contribution >= 4 is 21.6 Å². The van der Waals surface area contributed by atoms with E-state index in [9.17, 15) is 13.2 Å². The molecule has 5 nitrogen and oxygen atoms in total. The molecule has 0 saturated heterocycles. The van der Waals surface area contributed by atoms with E-state index in [1.165, 1.54) is 24.5 Å². The average molecular weight is 389 g/mol. The fraction of sp³-hybridized carbons (Fsp3) is 0.381. The Morgan fingerprint density at radius 2 is 1.67 bits per heavy atom. The molecule has 2 rings (SSSR count). The highest BCUT2D eigenvalue weighted by molar-refractivity contribution is 7.89. The van der Waals surface area contributed by atoms with Gasteiger partial charge in [-0.2, -0.15) is 0 Å². The van der Waals surface area contributed by atoms with Crippen molar-refractivity contribution in [2.24, 2.45) is 0 Å². The molecule has 6 heteroatoms. The zero-order valence-corrected chi connectivity index (χ0v) is 17.5. The highest BCUT2D eigenvalue weighted by atomic mass is 32.2. The first kappa shape index (κ1) is 21.1. The van der Waals surface area contributed by atoms with Crippen molar-refractivity contribution in [1.29, 1.82) is 0 Å². The maximum Gasteiger partial charge on any atom is 0.258 e. The van der Waals surface area contributed by atoms with Gasteiger partial charge < -0.3 is 4.90 Å². The number of hydrogen-bond donors (Lipinski definition) is 0. The van der Waals surface area contributed by atoms with E-state index in [1.807, 2.05) is 37.3 Å². The largest absolute Gasteiger partial charge is 0.308 e. The van der Waals surface area contributed by atoms with Gasteiger partial charge in [-0.25, -0.2) is 12.7 Å². The second-order valence-corrected chi connectivity index (χ2v) is 8.97. The van der Waals surface area contributed by atoms with E-state index >= 15 is 0 Å². The van der Waals surface area contributed by atoms with Gasteiger partial charge in [0.05, 0.1) is 4.90 Å². The predicted octanol–water partition coefficient (Wildman–Crippen LogP) is 4.00. The van der Waals surface area contributed by atoms with Gasteiger partial charge in [-0.15, -0.1) is 0 Å². The molecule has 146 valence electrons. The summed E-state index contributed by atoms with van der Waals surface area (Å²) in [6, 6.07) is 12.8. The minimum atomic E-state index is -3.63. The lowest BCUT2D eigenvalue weighted by Gasteiger charge is -2.24. The number of benzene rings is 2. The zero-order chi connectivity index (χ0) is 20.2. The Bertz CT molecular complexity index is 907. The Morgan fingerprint density at radius 3 is 2.22 bits per heavy atom. The third-order valence-electron chi connectivity index (χ3n) is 4.67. The lowest BCUT2D eigenvalue weighted by molar-refractivity contribution is 0.0986. The summed E-state index contributed by atoms with van der Waals surface area (Å²) in [4.78, 5) is 15.2. The molecule has 0 atom stereocenters. The van der Waals surface area contributed by atoms with Crippen LogP contribution in [0.3, 0.4) is 0 Å². The molecule has 0 N–H and O–H groups in total. The monoisotopic (exact) mass is 388 g/mol. The van der Waals surface area contributed by atoms with E-state index in [-0.39, 0.29) is 10.8 Å². The van der Waals surface area contributed by atoms with Gasteiger partial charge in [0.15, 0.2) is 0 Å². The number of carbonyl (C=O) groups excluding carboxylic acids is 1. The van der Waals surface area contributed by atoms with E-state index in [0.717, 1.165) is 24.1 Å². The van der Waals surface area contributed by atoms with Crippen molar-refractivity contribution in [1.82, 2.24) is 4.31 Å². The zero-order valence-electron chi connectivity index (χ0n) is 16.7. The first-order valence-electron chi connectivity index (χ1n) is 9.10. The van der Waals surface area contributed by atoms with Crippen LogP contribution in [-0.2, 0) is 10.0 Å². The molecule has 0 aliphatic rings. The number of nitrogens with zero attached hydrogens (tertiary/aromatic N) is 2. The van der Waals surface area contributed by atoms with Crippen LogP contribution < -0.4 is 4.90 Å². The van der Waals surface area contributed by atoms with Crippen LogP contribution in [-0.4, -0.2) is 39.3 Å². The summed E-state index contributed by atoms with van der Waals surface area (Å²) < 4.78 is 26.6. The van der Waals surface area contributed by atoms with Crippen molar-refractivity contribution in [3.8, 4) is 0 Å². The van der Waals surface area contributed by atoms with Gasteiger partial charge in [0.25, 0.3) is 5.91 Å². The second kappa shape index (κ2) is 8.67. The molecule has 0 aliphatic heterocycles. The second-order valence-electron chi connectivity index (χ2n) is 6.85. The minimum absolute atomic E-state index is 0.180. The third-order valence-corrected chi connectivity index (χ3v) is 6.61. The summed E-state index contributed by atoms with van der Waals surface area (Å²) in [5, 5.41) is 0. The highest BCUT2D eigenvalue weighted by Gasteiger charge is 2.25. The van der Waals surface area contributed by atoms with Gasteiger partial charge in [-0.05, 0) is 55.7 Å². The molecule has 0 unspecified atom stereocenters. The van der Waals surface area contributed by atoms with E-state index in [0.29, 0.717) is 17.7 Å². The molecule has 0 bridgehead atoms. The SMILES string of the molecule is CCCCN(C(=O)c1cc(C)c(C)c(S(=O)(=O)N(C)C)c1)c1ccccc1. The summed E-state index contributed by atoms with van der Waals surface area (Å²) in [5.41, 5.74) is 2.65. The van der Waals surface area contributed by atoms with Crippen molar-refractivity contribution in [2.75, 3.05) is 25.5 Å². The number of amides is 1. The van der Waals surface area contributed by atoms with E-state index in [1.54, 1.807) is 17.9 Å². The fourth-order valence-electron chi connectivity index (χ4n) is 2.84. The van der Waals surface area contributed by atoms with Crippen LogP contribution >= 0.6 is 0 Å². The topological polar surface area (TPSA) is 57.7 Å². The number of carbonyl (C=O) groups is 1. The Hall–Kier alpha value is -2.18. The number of rotatable bonds is 7. The molecule has 1 amide bonds. The molecule has 27 heavy (non-hydrogen) atoms. The van der Waals surface area contributed by atoms with Crippen LogP contribution in [0.4, 0.5) is 5.69 Å². The molecule has 2 aromatic carbocycles. The maximum absolute atomic E-state index is 13.3. The molecular weight excluding hydrogens is 360 g/mol. The molecule has 0 aliphatic carbocycles. The Balaban J connectivity index is 2.55. The van der Waals surface area contributed by atoms with E-state index < -0.39 is 10.0 Å². The van der Waals surface area contributed by atoms with Gasteiger partial charge in [0.2, 0.25) is 10.0 Å². The molecule has 0 radical (unpaired) electrons. The number of para-hydroxylation sites is 1. The van der Waals surface area contributed by atoms with Crippen molar-refractivity contribution in [3.05, 3.63) is 59.2 Å². The smallest absolute Gasteiger partial charge is 0.258 e. The molecule has 0 saturated carbocycles. The van der Waals surface area contributed by atoms with Gasteiger partial charge >= 0.3 is 0 Å². The molecule has 0 heterocycles. The van der Waals surface area contributed by atoms with Crippen LogP contribution in [0.25, 0.3) is 0 Å². The quantitative estimate of drug-likeness (QED) is 0.720. The van der Waals surface area contributed by atoms with Gasteiger partial charge in [-0.3, -0.25) is 4.79 Å². The summed E-state index contributed by atoms with van der Waals surface area (Å²) in [6.07, 6.45) is 1.83. The first-order chi connectivity index (χ1) is 12.7. The summed E-state index contributed by atoms with van der Waals surface area (Å²) >= 11 is 0.